The molecule has 2 amide bonds. The van der Waals surface area contributed by atoms with Crippen LogP contribution in [-0.2, 0) is 16.0 Å². The Morgan fingerprint density at radius 1 is 1.18 bits per heavy atom. The number of carbonyl (C=O) groups excluding carboxylic acids is 2. The third-order valence-corrected chi connectivity index (χ3v) is 3.97. The number of rotatable bonds is 8. The number of hydrogen-bond acceptors (Lipinski definition) is 5. The minimum Gasteiger partial charge on any atom is -0.496 e. The van der Waals surface area contributed by atoms with Gasteiger partial charge in [-0.05, 0) is 48.7 Å². The van der Waals surface area contributed by atoms with Gasteiger partial charge in [0.15, 0.2) is 0 Å². The van der Waals surface area contributed by atoms with Crippen LogP contribution in [0.2, 0.25) is 0 Å². The third kappa shape index (κ3) is 6.42. The van der Waals surface area contributed by atoms with Crippen molar-refractivity contribution >= 4 is 18.2 Å². The first-order valence-corrected chi connectivity index (χ1v) is 8.98. The quantitative estimate of drug-likeness (QED) is 0.542. The highest BCUT2D eigenvalue weighted by atomic mass is 16.5. The van der Waals surface area contributed by atoms with E-state index in [1.54, 1.807) is 14.0 Å². The van der Waals surface area contributed by atoms with Crippen LogP contribution in [0, 0.1) is 6.92 Å². The Morgan fingerprint density at radius 2 is 1.93 bits per heavy atom. The summed E-state index contributed by atoms with van der Waals surface area (Å²) in [6.07, 6.45) is 1.21. The van der Waals surface area contributed by atoms with E-state index in [0.717, 1.165) is 22.4 Å². The van der Waals surface area contributed by atoms with Crippen LogP contribution in [0.4, 0.5) is 4.79 Å². The maximum atomic E-state index is 12.5. The lowest BCUT2D eigenvalue weighted by Gasteiger charge is -2.16. The van der Waals surface area contributed by atoms with Gasteiger partial charge in [0.1, 0.15) is 11.8 Å². The minimum absolute atomic E-state index is 0.223. The van der Waals surface area contributed by atoms with E-state index in [-0.39, 0.29) is 6.61 Å². The molecule has 0 aliphatic rings. The summed E-state index contributed by atoms with van der Waals surface area (Å²) in [5, 5.41) is 6.57. The number of ether oxygens (including phenoxy) is 2. The van der Waals surface area contributed by atoms with Crippen molar-refractivity contribution in [3.63, 3.8) is 0 Å². The fourth-order valence-electron chi connectivity index (χ4n) is 2.60. The van der Waals surface area contributed by atoms with Gasteiger partial charge in [-0.15, -0.1) is 0 Å². The predicted octanol–water partition coefficient (Wildman–Crippen LogP) is 2.81. The molecule has 0 radical (unpaired) electrons. The lowest BCUT2D eigenvalue weighted by atomic mass is 10.1. The standard InChI is InChI=1S/C21H25N3O4/c1-4-28-21(26)23-18(13-16-8-6-5-7-9-16)20(25)24-22-14-17-10-11-19(27-3)15(2)12-17/h5-12,14,18H,4,13H2,1-3H3,(H,23,26)(H,24,25)/b22-14-/t18-/m1/s1. The molecule has 148 valence electrons. The fraction of sp³-hybridized carbons (Fsp3) is 0.286. The van der Waals surface area contributed by atoms with E-state index in [1.165, 1.54) is 6.21 Å². The molecule has 7 nitrogen and oxygen atoms in total. The van der Waals surface area contributed by atoms with E-state index in [2.05, 4.69) is 15.8 Å². The first kappa shape index (κ1) is 21.0. The average molecular weight is 383 g/mol. The molecule has 2 rings (SSSR count). The largest absolute Gasteiger partial charge is 0.496 e. The molecule has 0 spiro atoms. The summed E-state index contributed by atoms with van der Waals surface area (Å²) >= 11 is 0. The maximum Gasteiger partial charge on any atom is 0.407 e. The normalized spacial score (nSPS) is 11.7. The molecule has 0 fully saturated rings. The summed E-state index contributed by atoms with van der Waals surface area (Å²) in [6, 6.07) is 14.2. The highest BCUT2D eigenvalue weighted by Gasteiger charge is 2.21. The lowest BCUT2D eigenvalue weighted by molar-refractivity contribution is -0.123. The molecule has 0 saturated heterocycles. The van der Waals surface area contributed by atoms with Crippen molar-refractivity contribution in [3.05, 3.63) is 65.2 Å². The van der Waals surface area contributed by atoms with Crippen molar-refractivity contribution in [2.75, 3.05) is 13.7 Å². The van der Waals surface area contributed by atoms with Crippen LogP contribution in [0.15, 0.2) is 53.6 Å². The number of methoxy groups -OCH3 is 1. The van der Waals surface area contributed by atoms with Gasteiger partial charge in [0.2, 0.25) is 0 Å². The van der Waals surface area contributed by atoms with Gasteiger partial charge in [-0.1, -0.05) is 30.3 Å². The Morgan fingerprint density at radius 3 is 2.57 bits per heavy atom. The van der Waals surface area contributed by atoms with Gasteiger partial charge in [0.05, 0.1) is 19.9 Å². The number of amides is 2. The molecule has 7 heteroatoms. The van der Waals surface area contributed by atoms with Gasteiger partial charge in [-0.3, -0.25) is 4.79 Å². The Labute approximate surface area is 164 Å². The number of hydrogen-bond donors (Lipinski definition) is 2. The highest BCUT2D eigenvalue weighted by Crippen LogP contribution is 2.17. The molecule has 0 bridgehead atoms. The number of nitrogens with zero attached hydrogens (tertiary/aromatic N) is 1. The van der Waals surface area contributed by atoms with Crippen LogP contribution in [0.1, 0.15) is 23.6 Å². The molecule has 0 saturated carbocycles. The Kier molecular flexibility index (Phi) is 8.02. The van der Waals surface area contributed by atoms with E-state index < -0.39 is 18.0 Å². The molecule has 0 unspecified atom stereocenters. The monoisotopic (exact) mass is 383 g/mol. The zero-order chi connectivity index (χ0) is 20.4. The number of hydrazone groups is 1. The molecule has 0 heterocycles. The molecule has 0 aromatic heterocycles. The van der Waals surface area contributed by atoms with Crippen LogP contribution in [0.25, 0.3) is 0 Å². The average Bonchev–Trinajstić information content (AvgIpc) is 2.68. The molecule has 2 aromatic carbocycles. The van der Waals surface area contributed by atoms with Gasteiger partial charge in [-0.2, -0.15) is 5.10 Å². The van der Waals surface area contributed by atoms with Gasteiger partial charge >= 0.3 is 6.09 Å². The number of aryl methyl sites for hydroxylation is 1. The van der Waals surface area contributed by atoms with E-state index in [0.29, 0.717) is 6.42 Å². The van der Waals surface area contributed by atoms with Crippen molar-refractivity contribution in [3.8, 4) is 5.75 Å². The number of carbonyl (C=O) groups is 2. The predicted molar refractivity (Wildman–Crippen MR) is 108 cm³/mol. The first-order chi connectivity index (χ1) is 13.5. The first-order valence-electron chi connectivity index (χ1n) is 8.98. The Hall–Kier alpha value is -3.35. The summed E-state index contributed by atoms with van der Waals surface area (Å²) in [5.74, 6) is 0.348. The third-order valence-electron chi connectivity index (χ3n) is 3.97. The van der Waals surface area contributed by atoms with Crippen molar-refractivity contribution in [2.24, 2.45) is 5.10 Å². The van der Waals surface area contributed by atoms with Crippen molar-refractivity contribution < 1.29 is 19.1 Å². The maximum absolute atomic E-state index is 12.5. The summed E-state index contributed by atoms with van der Waals surface area (Å²) in [5.41, 5.74) is 5.17. The Bertz CT molecular complexity index is 822. The van der Waals surface area contributed by atoms with Crippen LogP contribution >= 0.6 is 0 Å². The Balaban J connectivity index is 2.04. The molecule has 1 atom stereocenters. The summed E-state index contributed by atoms with van der Waals surface area (Å²) in [6.45, 7) is 3.85. The van der Waals surface area contributed by atoms with E-state index in [9.17, 15) is 9.59 Å². The molecule has 2 N–H and O–H groups in total. The lowest BCUT2D eigenvalue weighted by Crippen LogP contribution is -2.47. The van der Waals surface area contributed by atoms with Gasteiger partial charge < -0.3 is 14.8 Å². The van der Waals surface area contributed by atoms with Crippen molar-refractivity contribution in [1.29, 1.82) is 0 Å². The van der Waals surface area contributed by atoms with Gasteiger partial charge in [0.25, 0.3) is 5.91 Å². The second-order valence-corrected chi connectivity index (χ2v) is 6.07. The molecule has 0 aliphatic carbocycles. The minimum atomic E-state index is -0.809. The van der Waals surface area contributed by atoms with Crippen LogP contribution in [-0.4, -0.2) is 38.0 Å². The molecular formula is C21H25N3O4. The molecule has 2 aromatic rings. The summed E-state index contributed by atoms with van der Waals surface area (Å²) in [4.78, 5) is 24.3. The second-order valence-electron chi connectivity index (χ2n) is 6.07. The second kappa shape index (κ2) is 10.7. The molecule has 28 heavy (non-hydrogen) atoms. The van der Waals surface area contributed by atoms with Gasteiger partial charge in [-0.25, -0.2) is 10.2 Å². The van der Waals surface area contributed by atoms with Crippen molar-refractivity contribution in [1.82, 2.24) is 10.7 Å². The highest BCUT2D eigenvalue weighted by molar-refractivity contribution is 5.87. The number of benzene rings is 2. The smallest absolute Gasteiger partial charge is 0.407 e. The van der Waals surface area contributed by atoms with Crippen molar-refractivity contribution in [2.45, 2.75) is 26.3 Å². The number of alkyl carbamates (subject to hydrolysis) is 1. The van der Waals surface area contributed by atoms with Gasteiger partial charge in [0, 0.05) is 6.42 Å². The van der Waals surface area contributed by atoms with Crippen LogP contribution < -0.4 is 15.5 Å². The summed E-state index contributed by atoms with van der Waals surface area (Å²) < 4.78 is 10.1. The van der Waals surface area contributed by atoms with E-state index >= 15 is 0 Å². The zero-order valence-electron chi connectivity index (χ0n) is 16.3. The van der Waals surface area contributed by atoms with Crippen LogP contribution in [0.5, 0.6) is 5.75 Å². The molecule has 0 aliphatic heterocycles. The zero-order valence-corrected chi connectivity index (χ0v) is 16.3. The number of nitrogens with one attached hydrogen (secondary N) is 2. The summed E-state index contributed by atoms with van der Waals surface area (Å²) in [7, 11) is 1.61. The van der Waals surface area contributed by atoms with E-state index in [1.807, 2.05) is 55.5 Å². The SMILES string of the molecule is CCOC(=O)N[C@H](Cc1ccccc1)C(=O)N/N=C\c1ccc(OC)c(C)c1. The van der Waals surface area contributed by atoms with Crippen LogP contribution in [0.3, 0.4) is 0 Å². The van der Waals surface area contributed by atoms with E-state index in [4.69, 9.17) is 9.47 Å². The topological polar surface area (TPSA) is 89.0 Å². The molecular weight excluding hydrogens is 358 g/mol. The fourth-order valence-corrected chi connectivity index (χ4v) is 2.60.